The summed E-state index contributed by atoms with van der Waals surface area (Å²) in [7, 11) is -3.92. The van der Waals surface area contributed by atoms with Crippen LogP contribution >= 0.6 is 7.82 Å². The average molecular weight is 477 g/mol. The molecule has 0 aliphatic carbocycles. The molecule has 0 spiro atoms. The Morgan fingerprint density at radius 2 is 2.12 bits per heavy atom. The molecular formula is C20H24N5O7P. The lowest BCUT2D eigenvalue weighted by Crippen LogP contribution is -2.44. The topological polar surface area (TPSA) is 164 Å². The highest BCUT2D eigenvalue weighted by molar-refractivity contribution is 7.48. The molecule has 3 aromatic rings. The molecule has 2 aliphatic heterocycles. The van der Waals surface area contributed by atoms with E-state index in [4.69, 9.17) is 24.0 Å². The van der Waals surface area contributed by atoms with Crippen molar-refractivity contribution in [3.63, 3.8) is 0 Å². The summed E-state index contributed by atoms with van der Waals surface area (Å²) in [6.07, 6.45) is 2.83. The lowest BCUT2D eigenvalue weighted by atomic mass is 9.96. The van der Waals surface area contributed by atoms with E-state index in [2.05, 4.69) is 15.0 Å². The number of hydrogen-bond acceptors (Lipinski definition) is 11. The Kier molecular flexibility index (Phi) is 5.69. The number of anilines is 1. The minimum absolute atomic E-state index is 0.176. The van der Waals surface area contributed by atoms with Gasteiger partial charge in [-0.15, -0.1) is 0 Å². The predicted octanol–water partition coefficient (Wildman–Crippen LogP) is 1.72. The molecule has 2 fully saturated rings. The number of fused-ring (bicyclic) bond motifs is 1. The highest BCUT2D eigenvalue weighted by atomic mass is 31.2. The molecule has 0 unspecified atom stereocenters. The number of pyridine rings is 1. The van der Waals surface area contributed by atoms with Crippen LogP contribution in [-0.2, 0) is 22.9 Å². The van der Waals surface area contributed by atoms with Crippen molar-refractivity contribution in [1.82, 2.24) is 19.5 Å². The first-order chi connectivity index (χ1) is 15.8. The summed E-state index contributed by atoms with van der Waals surface area (Å²) in [4.78, 5) is 12.1. The zero-order chi connectivity index (χ0) is 23.2. The lowest BCUT2D eigenvalue weighted by Gasteiger charge is -2.30. The van der Waals surface area contributed by atoms with E-state index < -0.39 is 38.0 Å². The van der Waals surface area contributed by atoms with Crippen LogP contribution in [0.4, 0.5) is 5.82 Å². The fraction of sp³-hybridized carbons (Fsp3) is 0.450. The quantitative estimate of drug-likeness (QED) is 0.458. The number of hydrogen-bond donors (Lipinski definition) is 3. The van der Waals surface area contributed by atoms with Crippen molar-refractivity contribution in [2.24, 2.45) is 0 Å². The van der Waals surface area contributed by atoms with Gasteiger partial charge in [0.05, 0.1) is 24.7 Å². The van der Waals surface area contributed by atoms with Crippen molar-refractivity contribution in [1.29, 1.82) is 0 Å². The van der Waals surface area contributed by atoms with Gasteiger partial charge in [0.25, 0.3) is 0 Å². The first kappa shape index (κ1) is 22.4. The Labute approximate surface area is 188 Å². The first-order valence-electron chi connectivity index (χ1n) is 10.4. The molecule has 0 amide bonds. The van der Waals surface area contributed by atoms with E-state index in [0.717, 1.165) is 5.56 Å². The summed E-state index contributed by atoms with van der Waals surface area (Å²) in [6.45, 7) is 1.29. The number of nitrogens with zero attached hydrogens (tertiary/aromatic N) is 4. The third-order valence-electron chi connectivity index (χ3n) is 5.91. The molecule has 0 radical (unpaired) electrons. The number of phosphoric acid groups is 1. The van der Waals surface area contributed by atoms with E-state index in [1.165, 1.54) is 13.3 Å². The largest absolute Gasteiger partial charge is 0.475 e. The van der Waals surface area contributed by atoms with Crippen LogP contribution in [0.2, 0.25) is 0 Å². The Morgan fingerprint density at radius 1 is 1.33 bits per heavy atom. The van der Waals surface area contributed by atoms with E-state index in [9.17, 15) is 14.8 Å². The number of nitrogens with two attached hydrogens (primary N) is 1. The normalized spacial score (nSPS) is 34.6. The first-order valence-corrected chi connectivity index (χ1v) is 11.8. The van der Waals surface area contributed by atoms with Gasteiger partial charge in [0.2, 0.25) is 0 Å². The Balaban J connectivity index is 1.31. The van der Waals surface area contributed by atoms with Gasteiger partial charge in [0.1, 0.15) is 35.6 Å². The molecular weight excluding hydrogens is 453 g/mol. The maximum absolute atomic E-state index is 13.0. The van der Waals surface area contributed by atoms with Gasteiger partial charge in [0, 0.05) is 25.0 Å². The smallest absolute Gasteiger partial charge is 0.387 e. The van der Waals surface area contributed by atoms with Gasteiger partial charge in [-0.05, 0) is 30.7 Å². The van der Waals surface area contributed by atoms with Crippen LogP contribution in [0.25, 0.3) is 11.0 Å². The monoisotopic (exact) mass is 477 g/mol. The van der Waals surface area contributed by atoms with E-state index in [0.29, 0.717) is 17.5 Å². The third-order valence-corrected chi connectivity index (χ3v) is 7.38. The SMILES string of the molecule is C[C@@]1(O)[C@H](O)[C@@H](CO[P@]2(=O)OCC[C@H](c3ccncc3)O2)O[C@H]1n1ccc2c(N)ncnc21. The Morgan fingerprint density at radius 3 is 2.91 bits per heavy atom. The fourth-order valence-electron chi connectivity index (χ4n) is 4.11. The maximum Gasteiger partial charge on any atom is 0.475 e. The number of ether oxygens (including phenoxy) is 1. The molecule has 2 aliphatic rings. The second-order valence-corrected chi connectivity index (χ2v) is 9.78. The van der Waals surface area contributed by atoms with Gasteiger partial charge >= 0.3 is 7.82 Å². The van der Waals surface area contributed by atoms with Crippen LogP contribution in [-0.4, -0.2) is 60.8 Å². The van der Waals surface area contributed by atoms with Crippen molar-refractivity contribution in [3.05, 3.63) is 48.7 Å². The molecule has 33 heavy (non-hydrogen) atoms. The van der Waals surface area contributed by atoms with Gasteiger partial charge < -0.3 is 25.3 Å². The zero-order valence-corrected chi connectivity index (χ0v) is 18.6. The summed E-state index contributed by atoms with van der Waals surface area (Å²) in [5.41, 5.74) is 5.42. The van der Waals surface area contributed by atoms with Crippen molar-refractivity contribution in [2.75, 3.05) is 18.9 Å². The summed E-state index contributed by atoms with van der Waals surface area (Å²) in [6, 6.07) is 5.23. The number of nitrogen functional groups attached to an aromatic ring is 1. The van der Waals surface area contributed by atoms with Gasteiger partial charge in [-0.2, -0.15) is 0 Å². The molecule has 0 saturated carbocycles. The van der Waals surface area contributed by atoms with Gasteiger partial charge in [0.15, 0.2) is 6.23 Å². The van der Waals surface area contributed by atoms with Crippen LogP contribution in [0.3, 0.4) is 0 Å². The summed E-state index contributed by atoms with van der Waals surface area (Å²) >= 11 is 0. The molecule has 0 bridgehead atoms. The molecule has 13 heteroatoms. The molecule has 6 atom stereocenters. The van der Waals surface area contributed by atoms with E-state index in [1.54, 1.807) is 41.4 Å². The van der Waals surface area contributed by atoms with E-state index in [1.807, 2.05) is 0 Å². The van der Waals surface area contributed by atoms with Gasteiger partial charge in [-0.25, -0.2) is 14.5 Å². The van der Waals surface area contributed by atoms with Crippen molar-refractivity contribution >= 4 is 24.7 Å². The third kappa shape index (κ3) is 4.04. The van der Waals surface area contributed by atoms with Crippen LogP contribution in [0, 0.1) is 0 Å². The zero-order valence-electron chi connectivity index (χ0n) is 17.7. The van der Waals surface area contributed by atoms with Crippen molar-refractivity contribution < 1.29 is 33.1 Å². The van der Waals surface area contributed by atoms with Crippen LogP contribution in [0.1, 0.15) is 31.2 Å². The number of phosphoric ester groups is 1. The van der Waals surface area contributed by atoms with Crippen LogP contribution in [0.15, 0.2) is 43.1 Å². The Hall–Kier alpha value is -2.44. The lowest BCUT2D eigenvalue weighted by molar-refractivity contribution is -0.0950. The number of aliphatic hydroxyl groups excluding tert-OH is 1. The van der Waals surface area contributed by atoms with E-state index in [-0.39, 0.29) is 19.0 Å². The summed E-state index contributed by atoms with van der Waals surface area (Å²) < 4.78 is 36.9. The highest BCUT2D eigenvalue weighted by Gasteiger charge is 2.54. The number of rotatable bonds is 5. The summed E-state index contributed by atoms with van der Waals surface area (Å²) in [5, 5.41) is 22.4. The van der Waals surface area contributed by atoms with Gasteiger partial charge in [-0.3, -0.25) is 18.6 Å². The number of aliphatic hydroxyl groups is 2. The Bertz CT molecular complexity index is 1190. The summed E-state index contributed by atoms with van der Waals surface area (Å²) in [5.74, 6) is 0.283. The molecule has 5 rings (SSSR count). The van der Waals surface area contributed by atoms with Crippen molar-refractivity contribution in [3.8, 4) is 0 Å². The average Bonchev–Trinajstić information content (AvgIpc) is 3.33. The molecule has 3 aromatic heterocycles. The van der Waals surface area contributed by atoms with E-state index >= 15 is 0 Å². The van der Waals surface area contributed by atoms with Crippen LogP contribution in [0.5, 0.6) is 0 Å². The molecule has 4 N–H and O–H groups in total. The molecule has 0 aromatic carbocycles. The second kappa shape index (κ2) is 8.41. The highest BCUT2D eigenvalue weighted by Crippen LogP contribution is 2.57. The standard InChI is InChI=1S/C20H24N5O7P/c1-20(27)16(26)15(31-19(20)25-8-4-13-17(21)23-11-24-18(13)25)10-30-33(28)29-9-5-14(32-33)12-2-6-22-7-3-12/h2-4,6-8,11,14-16,19,26-27H,5,9-10H2,1H3,(H2,21,23,24)/t14-,15-,16-,19-,20-,33+/m1/s1. The molecule has 12 nitrogen and oxygen atoms in total. The fourth-order valence-corrected chi connectivity index (χ4v) is 5.50. The van der Waals surface area contributed by atoms with Crippen molar-refractivity contribution in [2.45, 2.75) is 43.5 Å². The number of aromatic nitrogens is 4. The molecule has 5 heterocycles. The van der Waals surface area contributed by atoms with Crippen LogP contribution < -0.4 is 5.73 Å². The molecule has 176 valence electrons. The predicted molar refractivity (Wildman–Crippen MR) is 115 cm³/mol. The maximum atomic E-state index is 13.0. The molecule has 2 saturated heterocycles. The van der Waals surface area contributed by atoms with Gasteiger partial charge in [-0.1, -0.05) is 0 Å². The minimum atomic E-state index is -3.92. The minimum Gasteiger partial charge on any atom is -0.387 e. The second-order valence-electron chi connectivity index (χ2n) is 8.16.